The Bertz CT molecular complexity index is 39.2. The summed E-state index contributed by atoms with van der Waals surface area (Å²) in [5, 5.41) is 0. The van der Waals surface area contributed by atoms with Gasteiger partial charge in [-0.2, -0.15) is 0 Å². The maximum Gasteiger partial charge on any atom is 0.0352 e. The van der Waals surface area contributed by atoms with E-state index in [1.807, 2.05) is 0 Å². The lowest BCUT2D eigenvalue weighted by Gasteiger charge is -1.62. The maximum absolute atomic E-state index is 2.42. The molecular formula is C3H5N. The predicted octanol–water partition coefficient (Wildman–Crippen LogP) is -0.316. The standard InChI is InChI=1S/C3H5N/c1-3-2-4(1)3/h3H,1-2H2. The molecule has 2 fully saturated rings. The van der Waals surface area contributed by atoms with Crippen LogP contribution in [0.15, 0.2) is 0 Å². The summed E-state index contributed by atoms with van der Waals surface area (Å²) < 4.78 is 0. The Kier molecular flexibility index (Phi) is 0.0633. The second-order valence-corrected chi connectivity index (χ2v) is 1.61. The smallest absolute Gasteiger partial charge is 0.0352 e. The van der Waals surface area contributed by atoms with Crippen LogP contribution in [-0.2, 0) is 0 Å². The lowest BCUT2D eigenvalue weighted by molar-refractivity contribution is 0.810. The zero-order chi connectivity index (χ0) is 2.57. The molecule has 0 radical (unpaired) electrons. The number of nitrogens with zero attached hydrogens (tertiary/aromatic N) is 1. The Morgan fingerprint density at radius 3 is 1.75 bits per heavy atom. The van der Waals surface area contributed by atoms with E-state index in [4.69, 9.17) is 0 Å². The molecule has 2 aliphatic heterocycles. The molecule has 2 heterocycles. The van der Waals surface area contributed by atoms with E-state index in [-0.39, 0.29) is 0 Å². The molecule has 1 nitrogen and oxygen atoms in total. The fourth-order valence-corrected chi connectivity index (χ4v) is 0.394. The highest BCUT2D eigenvalue weighted by Gasteiger charge is 2.49. The molecule has 0 aliphatic carbocycles. The Morgan fingerprint density at radius 1 is 1.50 bits per heavy atom. The first-order valence-corrected chi connectivity index (χ1v) is 1.71. The first-order chi connectivity index (χ1) is 1.97. The van der Waals surface area contributed by atoms with Crippen LogP contribution in [0.4, 0.5) is 0 Å². The molecule has 2 saturated heterocycles. The van der Waals surface area contributed by atoms with Crippen molar-refractivity contribution in [1.29, 1.82) is 0 Å². The molecule has 0 aromatic carbocycles. The molecule has 0 amide bonds. The third kappa shape index (κ3) is 0.0285. The molecule has 1 heteroatoms. The molecule has 0 N–H and O–H groups in total. The molecular weight excluding hydrogens is 50.0 g/mol. The van der Waals surface area contributed by atoms with Gasteiger partial charge in [-0.1, -0.05) is 0 Å². The van der Waals surface area contributed by atoms with E-state index >= 15 is 0 Å². The van der Waals surface area contributed by atoms with Gasteiger partial charge >= 0.3 is 0 Å². The summed E-state index contributed by atoms with van der Waals surface area (Å²) in [7, 11) is 0. The normalized spacial score (nSPS) is 66.0. The van der Waals surface area contributed by atoms with Crippen molar-refractivity contribution in [3.63, 3.8) is 0 Å². The van der Waals surface area contributed by atoms with Gasteiger partial charge in [0.05, 0.1) is 0 Å². The van der Waals surface area contributed by atoms with Gasteiger partial charge in [0, 0.05) is 19.1 Å². The second kappa shape index (κ2) is 0.179. The molecule has 0 spiro atoms. The molecule has 4 heavy (non-hydrogen) atoms. The van der Waals surface area contributed by atoms with Crippen molar-refractivity contribution in [2.24, 2.45) is 0 Å². The summed E-state index contributed by atoms with van der Waals surface area (Å²) in [6.45, 7) is 2.83. The van der Waals surface area contributed by atoms with Gasteiger partial charge in [-0.25, -0.2) is 0 Å². The zero-order valence-electron chi connectivity index (χ0n) is 2.44. The van der Waals surface area contributed by atoms with Crippen LogP contribution in [0.5, 0.6) is 0 Å². The quantitative estimate of drug-likeness (QED) is 0.343. The van der Waals surface area contributed by atoms with Gasteiger partial charge in [0.1, 0.15) is 0 Å². The predicted molar refractivity (Wildman–Crippen MR) is 15.4 cm³/mol. The van der Waals surface area contributed by atoms with Crippen LogP contribution in [0.1, 0.15) is 0 Å². The summed E-state index contributed by atoms with van der Waals surface area (Å²) in [6, 6.07) is 1.08. The van der Waals surface area contributed by atoms with Gasteiger partial charge in [0.15, 0.2) is 0 Å². The highest BCUT2D eigenvalue weighted by Crippen LogP contribution is 2.32. The van der Waals surface area contributed by atoms with E-state index in [9.17, 15) is 0 Å². The van der Waals surface area contributed by atoms with Crippen LogP contribution in [0, 0.1) is 0 Å². The Balaban J connectivity index is 2.48. The first kappa shape index (κ1) is 1.41. The summed E-state index contributed by atoms with van der Waals surface area (Å²) >= 11 is 0. The van der Waals surface area contributed by atoms with Crippen LogP contribution >= 0.6 is 0 Å². The van der Waals surface area contributed by atoms with Crippen molar-refractivity contribution >= 4 is 0 Å². The van der Waals surface area contributed by atoms with Crippen LogP contribution in [-0.4, -0.2) is 24.0 Å². The van der Waals surface area contributed by atoms with E-state index in [0.29, 0.717) is 0 Å². The summed E-state index contributed by atoms with van der Waals surface area (Å²) in [4.78, 5) is 2.42. The van der Waals surface area contributed by atoms with Crippen molar-refractivity contribution in [3.05, 3.63) is 0 Å². The lowest BCUT2D eigenvalue weighted by atomic mass is 10.6. The largest absolute Gasteiger partial charge is 0.295 e. The average Bonchev–Trinajstić information content (AvgIpc) is 1.36. The maximum atomic E-state index is 2.42. The number of hydrogen-bond acceptors (Lipinski definition) is 1. The van der Waals surface area contributed by atoms with Gasteiger partial charge < -0.3 is 0 Å². The topological polar surface area (TPSA) is 3.01 Å². The highest BCUT2D eigenvalue weighted by molar-refractivity contribution is 5.07. The summed E-state index contributed by atoms with van der Waals surface area (Å²) in [5.74, 6) is 0. The molecule has 0 saturated carbocycles. The van der Waals surface area contributed by atoms with Gasteiger partial charge in [0.25, 0.3) is 0 Å². The van der Waals surface area contributed by atoms with Gasteiger partial charge in [-0.3, -0.25) is 4.90 Å². The van der Waals surface area contributed by atoms with Crippen LogP contribution in [0.25, 0.3) is 0 Å². The fourth-order valence-electron chi connectivity index (χ4n) is 0.394. The van der Waals surface area contributed by atoms with Gasteiger partial charge in [0.2, 0.25) is 0 Å². The SMILES string of the molecule is C1C2CN12. The van der Waals surface area contributed by atoms with E-state index in [2.05, 4.69) is 4.90 Å². The van der Waals surface area contributed by atoms with Crippen molar-refractivity contribution < 1.29 is 0 Å². The Morgan fingerprint density at radius 2 is 1.75 bits per heavy atom. The van der Waals surface area contributed by atoms with Crippen LogP contribution in [0.3, 0.4) is 0 Å². The number of hydrogen-bond donors (Lipinski definition) is 0. The van der Waals surface area contributed by atoms with Gasteiger partial charge in [-0.05, 0) is 0 Å². The summed E-state index contributed by atoms with van der Waals surface area (Å²) in [6.07, 6.45) is 0. The van der Waals surface area contributed by atoms with E-state index in [1.54, 1.807) is 0 Å². The lowest BCUT2D eigenvalue weighted by Crippen LogP contribution is -1.79. The zero-order valence-corrected chi connectivity index (χ0v) is 2.44. The second-order valence-electron chi connectivity index (χ2n) is 1.61. The highest BCUT2D eigenvalue weighted by atomic mass is 15.5. The minimum Gasteiger partial charge on any atom is -0.295 e. The monoisotopic (exact) mass is 55.0 g/mol. The van der Waals surface area contributed by atoms with Crippen LogP contribution < -0.4 is 0 Å². The Labute approximate surface area is 25.2 Å². The van der Waals surface area contributed by atoms with E-state index in [0.717, 1.165) is 6.04 Å². The van der Waals surface area contributed by atoms with E-state index < -0.39 is 0 Å². The molecule has 0 aromatic heterocycles. The number of fused-ring (bicyclic) bond motifs is 1. The summed E-state index contributed by atoms with van der Waals surface area (Å²) in [5.41, 5.74) is 0. The van der Waals surface area contributed by atoms with E-state index in [1.165, 1.54) is 13.1 Å². The number of rotatable bonds is 0. The Hall–Kier alpha value is -0.0400. The molecule has 0 bridgehead atoms. The van der Waals surface area contributed by atoms with Crippen molar-refractivity contribution in [2.75, 3.05) is 13.1 Å². The third-order valence-electron chi connectivity index (χ3n) is 1.14. The molecule has 0 atom stereocenters. The molecule has 2 aliphatic rings. The molecule has 0 aromatic rings. The minimum absolute atomic E-state index is 1.08. The van der Waals surface area contributed by atoms with Crippen molar-refractivity contribution in [1.82, 2.24) is 4.90 Å². The minimum atomic E-state index is 1.08. The molecule has 0 unspecified atom stereocenters. The van der Waals surface area contributed by atoms with Crippen molar-refractivity contribution in [3.8, 4) is 0 Å². The fraction of sp³-hybridized carbons (Fsp3) is 1.00. The van der Waals surface area contributed by atoms with Gasteiger partial charge in [-0.15, -0.1) is 0 Å². The average molecular weight is 55.1 g/mol. The molecule has 22 valence electrons. The molecule has 2 rings (SSSR count). The van der Waals surface area contributed by atoms with Crippen LogP contribution in [0.2, 0.25) is 0 Å². The first-order valence-electron chi connectivity index (χ1n) is 1.71. The van der Waals surface area contributed by atoms with Crippen molar-refractivity contribution in [2.45, 2.75) is 6.04 Å². The third-order valence-corrected chi connectivity index (χ3v) is 1.14.